The lowest BCUT2D eigenvalue weighted by atomic mass is 9.99. The first kappa shape index (κ1) is 17.9. The molecule has 0 atom stereocenters. The Morgan fingerprint density at radius 2 is 2.04 bits per heavy atom. The van der Waals surface area contributed by atoms with Crippen LogP contribution in [0, 0.1) is 0 Å². The van der Waals surface area contributed by atoms with E-state index in [0.29, 0.717) is 18.7 Å². The highest BCUT2D eigenvalue weighted by Crippen LogP contribution is 2.26. The summed E-state index contributed by atoms with van der Waals surface area (Å²) in [5, 5.41) is 12.1. The number of hydrogen-bond donors (Lipinski definition) is 2. The van der Waals surface area contributed by atoms with Crippen LogP contribution in [0.2, 0.25) is 0 Å². The lowest BCUT2D eigenvalue weighted by Crippen LogP contribution is -2.32. The zero-order chi connectivity index (χ0) is 18.8. The highest BCUT2D eigenvalue weighted by Gasteiger charge is 2.34. The van der Waals surface area contributed by atoms with Gasteiger partial charge < -0.3 is 25.0 Å². The summed E-state index contributed by atoms with van der Waals surface area (Å²) in [5.74, 6) is -0.867. The number of rotatable bonds is 5. The molecular formula is C18H21N3O5. The number of carbonyl (C=O) groups is 3. The van der Waals surface area contributed by atoms with Crippen LogP contribution in [-0.4, -0.2) is 66.5 Å². The third kappa shape index (κ3) is 3.28. The van der Waals surface area contributed by atoms with Gasteiger partial charge in [0.1, 0.15) is 5.70 Å². The molecule has 1 aromatic carbocycles. The number of esters is 1. The van der Waals surface area contributed by atoms with Gasteiger partial charge in [0.25, 0.3) is 5.91 Å². The zero-order valence-corrected chi connectivity index (χ0v) is 14.7. The molecule has 2 amide bonds. The fraction of sp³-hybridized carbons (Fsp3) is 0.389. The molecule has 8 nitrogen and oxygen atoms in total. The molecule has 138 valence electrons. The number of ether oxygens (including phenoxy) is 1. The van der Waals surface area contributed by atoms with Crippen LogP contribution in [0.5, 0.6) is 0 Å². The maximum Gasteiger partial charge on any atom is 0.337 e. The van der Waals surface area contributed by atoms with Gasteiger partial charge in [-0.1, -0.05) is 6.07 Å². The summed E-state index contributed by atoms with van der Waals surface area (Å²) in [4.78, 5) is 39.4. The number of benzene rings is 1. The molecule has 0 aromatic heterocycles. The number of β-amino-alcohol motifs (C(OH)–C–C–N with tert-alkyl or cyclic N) is 1. The largest absolute Gasteiger partial charge is 0.466 e. The molecule has 0 radical (unpaired) electrons. The van der Waals surface area contributed by atoms with E-state index in [1.54, 1.807) is 18.0 Å². The average Bonchev–Trinajstić information content (AvgIpc) is 2.92. The minimum atomic E-state index is -0.579. The molecule has 26 heavy (non-hydrogen) atoms. The molecule has 0 unspecified atom stereocenters. The minimum Gasteiger partial charge on any atom is -0.466 e. The summed E-state index contributed by atoms with van der Waals surface area (Å²) < 4.78 is 4.77. The van der Waals surface area contributed by atoms with Gasteiger partial charge in [-0.2, -0.15) is 0 Å². The Labute approximate surface area is 151 Å². The monoisotopic (exact) mass is 359 g/mol. The first-order chi connectivity index (χ1) is 12.4. The zero-order valence-electron chi connectivity index (χ0n) is 14.7. The predicted octanol–water partition coefficient (Wildman–Crippen LogP) is -0.125. The average molecular weight is 359 g/mol. The number of hydrogen-bond acceptors (Lipinski definition) is 6. The maximum atomic E-state index is 12.5. The van der Waals surface area contributed by atoms with Crippen molar-refractivity contribution >= 4 is 23.5 Å². The van der Waals surface area contributed by atoms with Gasteiger partial charge in [-0.25, -0.2) is 4.79 Å². The Morgan fingerprint density at radius 3 is 2.73 bits per heavy atom. The van der Waals surface area contributed by atoms with Crippen LogP contribution >= 0.6 is 0 Å². The Kier molecular flexibility index (Phi) is 4.94. The van der Waals surface area contributed by atoms with E-state index in [9.17, 15) is 14.4 Å². The molecule has 0 bridgehead atoms. The normalized spacial score (nSPS) is 16.9. The Hall–Kier alpha value is -2.87. The second kappa shape index (κ2) is 7.17. The van der Waals surface area contributed by atoms with E-state index in [0.717, 1.165) is 11.1 Å². The van der Waals surface area contributed by atoms with Gasteiger partial charge in [-0.15, -0.1) is 0 Å². The number of methoxy groups -OCH3 is 1. The van der Waals surface area contributed by atoms with E-state index in [-0.39, 0.29) is 42.8 Å². The number of nitrogens with zero attached hydrogens (tertiary/aromatic N) is 2. The summed E-state index contributed by atoms with van der Waals surface area (Å²) >= 11 is 0. The maximum absolute atomic E-state index is 12.5. The van der Waals surface area contributed by atoms with Gasteiger partial charge in [0.2, 0.25) is 5.91 Å². The molecule has 2 heterocycles. The van der Waals surface area contributed by atoms with Crippen LogP contribution in [0.1, 0.15) is 11.1 Å². The highest BCUT2D eigenvalue weighted by molar-refractivity contribution is 6.08. The number of anilines is 1. The molecule has 0 saturated heterocycles. The molecular weight excluding hydrogens is 338 g/mol. The van der Waals surface area contributed by atoms with Crippen LogP contribution in [0.4, 0.5) is 5.69 Å². The van der Waals surface area contributed by atoms with Crippen LogP contribution in [0.15, 0.2) is 29.5 Å². The number of carbonyl (C=O) groups excluding carboxylic acids is 3. The molecule has 0 fully saturated rings. The number of fused-ring (bicyclic) bond motifs is 1. The van der Waals surface area contributed by atoms with Gasteiger partial charge in [-0.3, -0.25) is 9.59 Å². The summed E-state index contributed by atoms with van der Waals surface area (Å²) in [6.45, 7) is 0.544. The third-order valence-corrected chi connectivity index (χ3v) is 4.60. The van der Waals surface area contributed by atoms with Gasteiger partial charge in [-0.05, 0) is 23.3 Å². The van der Waals surface area contributed by atoms with Crippen molar-refractivity contribution in [2.75, 3.05) is 39.2 Å². The summed E-state index contributed by atoms with van der Waals surface area (Å²) in [6.07, 6.45) is 0.353. The lowest BCUT2D eigenvalue weighted by Gasteiger charge is -2.25. The second-order valence-electron chi connectivity index (χ2n) is 6.33. The Morgan fingerprint density at radius 1 is 1.27 bits per heavy atom. The fourth-order valence-electron chi connectivity index (χ4n) is 3.16. The van der Waals surface area contributed by atoms with Crippen molar-refractivity contribution in [1.29, 1.82) is 0 Å². The van der Waals surface area contributed by atoms with Crippen LogP contribution in [0.3, 0.4) is 0 Å². The van der Waals surface area contributed by atoms with Crippen molar-refractivity contribution in [1.82, 2.24) is 9.80 Å². The first-order valence-electron chi connectivity index (χ1n) is 8.29. The molecule has 0 aliphatic carbocycles. The van der Waals surface area contributed by atoms with Gasteiger partial charge in [0.05, 0.1) is 32.3 Å². The first-order valence-corrected chi connectivity index (χ1v) is 8.29. The minimum absolute atomic E-state index is 0.0690. The van der Waals surface area contributed by atoms with Crippen molar-refractivity contribution in [3.05, 3.63) is 40.6 Å². The van der Waals surface area contributed by atoms with Crippen LogP contribution in [0.25, 0.3) is 0 Å². The highest BCUT2D eigenvalue weighted by atomic mass is 16.5. The molecule has 1 aromatic rings. The molecule has 2 aliphatic heterocycles. The number of aliphatic hydroxyl groups excluding tert-OH is 1. The molecule has 2 aliphatic rings. The lowest BCUT2D eigenvalue weighted by molar-refractivity contribution is -0.136. The van der Waals surface area contributed by atoms with Gasteiger partial charge in [0, 0.05) is 25.8 Å². The summed E-state index contributed by atoms with van der Waals surface area (Å²) in [6, 6.07) is 5.51. The van der Waals surface area contributed by atoms with E-state index >= 15 is 0 Å². The molecule has 0 saturated carbocycles. The number of aliphatic hydroxyl groups is 1. The Bertz CT molecular complexity index is 802. The van der Waals surface area contributed by atoms with Crippen LogP contribution < -0.4 is 5.32 Å². The molecule has 3 rings (SSSR count). The molecule has 2 N–H and O–H groups in total. The topological polar surface area (TPSA) is 99.2 Å². The van der Waals surface area contributed by atoms with E-state index in [1.807, 2.05) is 12.1 Å². The van der Waals surface area contributed by atoms with Gasteiger partial charge in [0.15, 0.2) is 0 Å². The SMILES string of the molecule is COC(=O)C1=C(Nc2ccc3c(c2)CN(C)C(=O)C3)C(=O)N(CCO)C1. The van der Waals surface area contributed by atoms with Crippen molar-refractivity contribution in [3.8, 4) is 0 Å². The van der Waals surface area contributed by atoms with Crippen molar-refractivity contribution in [3.63, 3.8) is 0 Å². The fourth-order valence-corrected chi connectivity index (χ4v) is 3.16. The number of nitrogens with one attached hydrogen (secondary N) is 1. The van der Waals surface area contributed by atoms with E-state index in [1.165, 1.54) is 12.0 Å². The summed E-state index contributed by atoms with van der Waals surface area (Å²) in [7, 11) is 3.01. The number of amides is 2. The molecule has 0 spiro atoms. The van der Waals surface area contributed by atoms with E-state index in [4.69, 9.17) is 9.84 Å². The Balaban J connectivity index is 1.88. The number of likely N-dealkylation sites (N-methyl/N-ethyl adjacent to an activating group) is 1. The third-order valence-electron chi connectivity index (χ3n) is 4.60. The second-order valence-corrected chi connectivity index (χ2v) is 6.33. The van der Waals surface area contributed by atoms with Gasteiger partial charge >= 0.3 is 5.97 Å². The van der Waals surface area contributed by atoms with E-state index < -0.39 is 5.97 Å². The van der Waals surface area contributed by atoms with E-state index in [2.05, 4.69) is 5.32 Å². The molecule has 8 heteroatoms. The van der Waals surface area contributed by atoms with Crippen molar-refractivity contribution in [2.45, 2.75) is 13.0 Å². The van der Waals surface area contributed by atoms with Crippen molar-refractivity contribution < 1.29 is 24.2 Å². The summed E-state index contributed by atoms with van der Waals surface area (Å²) in [5.41, 5.74) is 3.00. The smallest absolute Gasteiger partial charge is 0.337 e. The standard InChI is InChI=1S/C18H21N3O5/c1-20-9-12-7-13(4-3-11(12)8-15(20)23)19-16-14(18(25)26-2)10-21(5-6-22)17(16)24/h3-4,7,19,22H,5-6,8-10H2,1-2H3. The van der Waals surface area contributed by atoms with Crippen LogP contribution in [-0.2, 0) is 32.1 Å². The quantitative estimate of drug-likeness (QED) is 0.711. The predicted molar refractivity (Wildman–Crippen MR) is 93.0 cm³/mol. The van der Waals surface area contributed by atoms with Crippen molar-refractivity contribution in [2.24, 2.45) is 0 Å².